The maximum atomic E-state index is 13.2. The van der Waals surface area contributed by atoms with Gasteiger partial charge in [0, 0.05) is 31.6 Å². The van der Waals surface area contributed by atoms with Gasteiger partial charge in [0.2, 0.25) is 5.91 Å². The first kappa shape index (κ1) is 22.6. The lowest BCUT2D eigenvalue weighted by molar-refractivity contribution is -0.137. The highest BCUT2D eigenvalue weighted by Crippen LogP contribution is 2.20. The van der Waals surface area contributed by atoms with Crippen molar-refractivity contribution >= 4 is 23.7 Å². The summed E-state index contributed by atoms with van der Waals surface area (Å²) in [6, 6.07) is 11.7. The number of nitrogens with zero attached hydrogens (tertiary/aromatic N) is 2. The van der Waals surface area contributed by atoms with Gasteiger partial charge in [-0.15, -0.1) is 0 Å². The van der Waals surface area contributed by atoms with Gasteiger partial charge in [-0.3, -0.25) is 19.3 Å². The lowest BCUT2D eigenvalue weighted by Crippen LogP contribution is -2.43. The van der Waals surface area contributed by atoms with Crippen LogP contribution in [-0.4, -0.2) is 52.7 Å². The number of ether oxygens (including phenoxy) is 1. The second kappa shape index (κ2) is 9.94. The molecule has 2 aliphatic rings. The molecule has 2 heterocycles. The molecule has 0 bridgehead atoms. The van der Waals surface area contributed by atoms with E-state index in [-0.39, 0.29) is 18.0 Å². The molecule has 0 spiro atoms. The van der Waals surface area contributed by atoms with Gasteiger partial charge in [0.05, 0.1) is 5.56 Å². The molecule has 1 atom stereocenters. The molecule has 8 heteroatoms. The van der Waals surface area contributed by atoms with Crippen LogP contribution in [0.25, 0.3) is 0 Å². The second-order valence-corrected chi connectivity index (χ2v) is 8.31. The molecule has 4 rings (SSSR count). The molecule has 2 aliphatic heterocycles. The van der Waals surface area contributed by atoms with Gasteiger partial charge in [-0.25, -0.2) is 9.18 Å². The van der Waals surface area contributed by atoms with E-state index in [9.17, 15) is 23.6 Å². The Labute approximate surface area is 191 Å². The minimum absolute atomic E-state index is 0.130. The minimum Gasteiger partial charge on any atom is -0.449 e. The number of halogens is 1. The molecule has 0 aliphatic carbocycles. The smallest absolute Gasteiger partial charge is 0.338 e. The topological polar surface area (TPSA) is 84.0 Å². The Morgan fingerprint density at radius 2 is 1.61 bits per heavy atom. The Morgan fingerprint density at radius 1 is 0.909 bits per heavy atom. The summed E-state index contributed by atoms with van der Waals surface area (Å²) < 4.78 is 18.7. The predicted octanol–water partition coefficient (Wildman–Crippen LogP) is 3.33. The van der Waals surface area contributed by atoms with Crippen molar-refractivity contribution < 1.29 is 28.3 Å². The summed E-state index contributed by atoms with van der Waals surface area (Å²) in [4.78, 5) is 53.1. The maximum Gasteiger partial charge on any atom is 0.338 e. The van der Waals surface area contributed by atoms with Crippen LogP contribution in [0.1, 0.15) is 58.4 Å². The van der Waals surface area contributed by atoms with Crippen LogP contribution in [0, 0.1) is 5.82 Å². The van der Waals surface area contributed by atoms with Gasteiger partial charge in [-0.05, 0) is 67.6 Å². The Bertz CT molecular complexity index is 1050. The third-order valence-electron chi connectivity index (χ3n) is 5.96. The van der Waals surface area contributed by atoms with Gasteiger partial charge < -0.3 is 9.64 Å². The van der Waals surface area contributed by atoms with Crippen molar-refractivity contribution in [3.8, 4) is 0 Å². The van der Waals surface area contributed by atoms with E-state index in [1.807, 2.05) is 0 Å². The van der Waals surface area contributed by atoms with Crippen LogP contribution in [0.4, 0.5) is 4.39 Å². The summed E-state index contributed by atoms with van der Waals surface area (Å²) in [6.45, 7) is 1.45. The quantitative estimate of drug-likeness (QED) is 0.513. The predicted molar refractivity (Wildman–Crippen MR) is 117 cm³/mol. The Morgan fingerprint density at radius 3 is 2.27 bits per heavy atom. The first-order chi connectivity index (χ1) is 15.9. The highest BCUT2D eigenvalue weighted by molar-refractivity contribution is 6.06. The number of esters is 1. The summed E-state index contributed by atoms with van der Waals surface area (Å²) in [5.74, 6) is -2.10. The number of amides is 3. The summed E-state index contributed by atoms with van der Waals surface area (Å²) in [6.07, 6.45) is 1.91. The summed E-state index contributed by atoms with van der Waals surface area (Å²) in [5.41, 5.74) is 1.40. The molecule has 0 N–H and O–H groups in total. The van der Waals surface area contributed by atoms with E-state index in [0.29, 0.717) is 37.8 Å². The van der Waals surface area contributed by atoms with E-state index in [0.717, 1.165) is 35.6 Å². The second-order valence-electron chi connectivity index (χ2n) is 8.31. The van der Waals surface area contributed by atoms with Crippen molar-refractivity contribution in [2.24, 2.45) is 0 Å². The van der Waals surface area contributed by atoms with Crippen molar-refractivity contribution in [2.45, 2.75) is 44.8 Å². The summed E-state index contributed by atoms with van der Waals surface area (Å²) in [5, 5.41) is 0. The standard InChI is InChI=1S/C25H25FN2O5/c26-20-12-10-18(11-13-20)23(30)28-15-2-1-4-21(24(28)31)33-25(32)19-8-6-17(7-9-19)16-27-14-3-5-22(27)29/h6-13,21H,1-5,14-16H2/t21-/m0/s1. The molecular weight excluding hydrogens is 427 g/mol. The number of likely N-dealkylation sites (tertiary alicyclic amines) is 2. The third kappa shape index (κ3) is 5.27. The molecule has 2 aromatic carbocycles. The van der Waals surface area contributed by atoms with Gasteiger partial charge in [-0.2, -0.15) is 0 Å². The number of imide groups is 1. The molecule has 0 radical (unpaired) electrons. The Balaban J connectivity index is 1.41. The number of carbonyl (C=O) groups excluding carboxylic acids is 4. The average molecular weight is 452 g/mol. The van der Waals surface area contributed by atoms with Crippen molar-refractivity contribution in [3.05, 3.63) is 71.0 Å². The molecule has 0 saturated carbocycles. The molecule has 3 amide bonds. The van der Waals surface area contributed by atoms with E-state index in [1.54, 1.807) is 29.2 Å². The van der Waals surface area contributed by atoms with E-state index in [2.05, 4.69) is 0 Å². The van der Waals surface area contributed by atoms with E-state index < -0.39 is 29.7 Å². The van der Waals surface area contributed by atoms with Crippen LogP contribution < -0.4 is 0 Å². The van der Waals surface area contributed by atoms with Crippen LogP contribution in [0.5, 0.6) is 0 Å². The number of hydrogen-bond acceptors (Lipinski definition) is 5. The number of benzene rings is 2. The summed E-state index contributed by atoms with van der Waals surface area (Å²) >= 11 is 0. The van der Waals surface area contributed by atoms with Crippen LogP contribution in [0.2, 0.25) is 0 Å². The van der Waals surface area contributed by atoms with Gasteiger partial charge >= 0.3 is 5.97 Å². The van der Waals surface area contributed by atoms with Crippen LogP contribution in [0.15, 0.2) is 48.5 Å². The normalized spacial score (nSPS) is 18.9. The molecular formula is C25H25FN2O5. The fraction of sp³-hybridized carbons (Fsp3) is 0.360. The zero-order chi connectivity index (χ0) is 23.4. The maximum absolute atomic E-state index is 13.2. The Kier molecular flexibility index (Phi) is 6.82. The van der Waals surface area contributed by atoms with E-state index in [1.165, 1.54) is 12.1 Å². The van der Waals surface area contributed by atoms with Crippen molar-refractivity contribution in [1.29, 1.82) is 0 Å². The Hall–Kier alpha value is -3.55. The third-order valence-corrected chi connectivity index (χ3v) is 5.96. The molecule has 0 unspecified atom stereocenters. The van der Waals surface area contributed by atoms with Crippen LogP contribution >= 0.6 is 0 Å². The van der Waals surface area contributed by atoms with Gasteiger partial charge in [0.25, 0.3) is 11.8 Å². The van der Waals surface area contributed by atoms with Gasteiger partial charge in [-0.1, -0.05) is 12.1 Å². The molecule has 2 saturated heterocycles. The molecule has 33 heavy (non-hydrogen) atoms. The molecule has 172 valence electrons. The molecule has 2 fully saturated rings. The first-order valence-corrected chi connectivity index (χ1v) is 11.1. The van der Waals surface area contributed by atoms with Crippen molar-refractivity contribution in [3.63, 3.8) is 0 Å². The van der Waals surface area contributed by atoms with Crippen molar-refractivity contribution in [2.75, 3.05) is 13.1 Å². The van der Waals surface area contributed by atoms with Crippen LogP contribution in [-0.2, 0) is 20.9 Å². The average Bonchev–Trinajstić information content (AvgIpc) is 3.13. The molecule has 0 aromatic heterocycles. The van der Waals surface area contributed by atoms with Crippen LogP contribution in [0.3, 0.4) is 0 Å². The fourth-order valence-corrected chi connectivity index (χ4v) is 4.10. The minimum atomic E-state index is -1.06. The fourth-order valence-electron chi connectivity index (χ4n) is 4.10. The van der Waals surface area contributed by atoms with Gasteiger partial charge in [0.15, 0.2) is 6.10 Å². The number of hydrogen-bond donors (Lipinski definition) is 0. The first-order valence-electron chi connectivity index (χ1n) is 11.1. The zero-order valence-electron chi connectivity index (χ0n) is 18.2. The SMILES string of the molecule is O=C(O[C@H]1CCCCN(C(=O)c2ccc(F)cc2)C1=O)c1ccc(CN2CCCC2=O)cc1. The highest BCUT2D eigenvalue weighted by atomic mass is 19.1. The van der Waals surface area contributed by atoms with Crippen molar-refractivity contribution in [1.82, 2.24) is 9.80 Å². The lowest BCUT2D eigenvalue weighted by Gasteiger charge is -2.23. The highest BCUT2D eigenvalue weighted by Gasteiger charge is 2.34. The number of carbonyl (C=O) groups is 4. The van der Waals surface area contributed by atoms with E-state index in [4.69, 9.17) is 4.74 Å². The number of rotatable bonds is 5. The lowest BCUT2D eigenvalue weighted by atomic mass is 10.1. The van der Waals surface area contributed by atoms with E-state index >= 15 is 0 Å². The molecule has 2 aromatic rings. The van der Waals surface area contributed by atoms with Gasteiger partial charge in [0.1, 0.15) is 5.82 Å². The largest absolute Gasteiger partial charge is 0.449 e. The summed E-state index contributed by atoms with van der Waals surface area (Å²) in [7, 11) is 0. The molecule has 7 nitrogen and oxygen atoms in total. The monoisotopic (exact) mass is 452 g/mol. The zero-order valence-corrected chi connectivity index (χ0v) is 18.2.